The Morgan fingerprint density at radius 2 is 2.27 bits per heavy atom. The summed E-state index contributed by atoms with van der Waals surface area (Å²) >= 11 is 1.67. The average Bonchev–Trinajstić information content (AvgIpc) is 3.30. The predicted octanol–water partition coefficient (Wildman–Crippen LogP) is 2.12. The Hall–Kier alpha value is -1.70. The highest BCUT2D eigenvalue weighted by Crippen LogP contribution is 2.29. The first-order valence-corrected chi connectivity index (χ1v) is 10.2. The molecule has 2 aromatic rings. The predicted molar refractivity (Wildman–Crippen MR) is 101 cm³/mol. The van der Waals surface area contributed by atoms with Crippen LogP contribution < -0.4 is 5.32 Å². The molecule has 0 spiro atoms. The Kier molecular flexibility index (Phi) is 5.38. The molecule has 1 atom stereocenters. The van der Waals surface area contributed by atoms with Crippen LogP contribution in [-0.2, 0) is 29.7 Å². The van der Waals surface area contributed by atoms with Gasteiger partial charge in [0.25, 0.3) is 0 Å². The zero-order chi connectivity index (χ0) is 17.9. The largest absolute Gasteiger partial charge is 0.381 e. The molecule has 2 aliphatic heterocycles. The molecule has 140 valence electrons. The molecule has 4 rings (SSSR count). The maximum atomic E-state index is 12.9. The van der Waals surface area contributed by atoms with Crippen molar-refractivity contribution in [1.82, 2.24) is 19.8 Å². The van der Waals surface area contributed by atoms with Crippen LogP contribution in [0.5, 0.6) is 0 Å². The number of imidazole rings is 1. The molecule has 1 fully saturated rings. The van der Waals surface area contributed by atoms with Gasteiger partial charge in [-0.1, -0.05) is 6.07 Å². The first-order chi connectivity index (χ1) is 12.7. The van der Waals surface area contributed by atoms with Gasteiger partial charge in [0.05, 0.1) is 30.2 Å². The molecule has 0 bridgehead atoms. The first kappa shape index (κ1) is 17.7. The van der Waals surface area contributed by atoms with E-state index in [4.69, 9.17) is 4.74 Å². The third kappa shape index (κ3) is 3.84. The van der Waals surface area contributed by atoms with Crippen LogP contribution in [0.25, 0.3) is 0 Å². The lowest BCUT2D eigenvalue weighted by Crippen LogP contribution is -2.44. The number of carbonyl (C=O) groups excluding carboxylic acids is 1. The minimum absolute atomic E-state index is 0.0972. The zero-order valence-electron chi connectivity index (χ0n) is 15.2. The number of thiophene rings is 1. The molecule has 2 aliphatic rings. The SMILES string of the molecule is Cn1cnc2c1C(C(=O)NCc1cccs1)CN(CC1CCOCC1)C2. The summed E-state index contributed by atoms with van der Waals surface area (Å²) in [6.07, 6.45) is 4.06. The van der Waals surface area contributed by atoms with E-state index in [-0.39, 0.29) is 11.8 Å². The van der Waals surface area contributed by atoms with Crippen LogP contribution >= 0.6 is 11.3 Å². The monoisotopic (exact) mass is 374 g/mol. The molecule has 0 aliphatic carbocycles. The number of ether oxygens (including phenoxy) is 1. The van der Waals surface area contributed by atoms with E-state index in [1.807, 2.05) is 29.4 Å². The van der Waals surface area contributed by atoms with Crippen molar-refractivity contribution in [3.63, 3.8) is 0 Å². The van der Waals surface area contributed by atoms with E-state index < -0.39 is 0 Å². The molecule has 0 saturated carbocycles. The van der Waals surface area contributed by atoms with Crippen LogP contribution in [-0.4, -0.2) is 46.7 Å². The smallest absolute Gasteiger partial charge is 0.230 e. The summed E-state index contributed by atoms with van der Waals surface area (Å²) in [7, 11) is 1.99. The van der Waals surface area contributed by atoms with Crippen molar-refractivity contribution in [2.24, 2.45) is 13.0 Å². The molecule has 0 radical (unpaired) electrons. The Balaban J connectivity index is 1.46. The lowest BCUT2D eigenvalue weighted by molar-refractivity contribution is -0.123. The van der Waals surface area contributed by atoms with E-state index in [2.05, 4.69) is 21.3 Å². The highest BCUT2D eigenvalue weighted by Gasteiger charge is 2.34. The Morgan fingerprint density at radius 1 is 1.42 bits per heavy atom. The molecule has 1 amide bonds. The fraction of sp³-hybridized carbons (Fsp3) is 0.579. The summed E-state index contributed by atoms with van der Waals surface area (Å²) in [6, 6.07) is 4.07. The second kappa shape index (κ2) is 7.90. The maximum Gasteiger partial charge on any atom is 0.230 e. The summed E-state index contributed by atoms with van der Waals surface area (Å²) in [5, 5.41) is 5.16. The molecule has 2 aromatic heterocycles. The number of fused-ring (bicyclic) bond motifs is 1. The van der Waals surface area contributed by atoms with Gasteiger partial charge in [-0.2, -0.15) is 0 Å². The van der Waals surface area contributed by atoms with Crippen molar-refractivity contribution < 1.29 is 9.53 Å². The molecule has 1 saturated heterocycles. The molecular formula is C19H26N4O2S. The summed E-state index contributed by atoms with van der Waals surface area (Å²) in [4.78, 5) is 21.1. The van der Waals surface area contributed by atoms with Gasteiger partial charge in [-0.25, -0.2) is 4.98 Å². The molecular weight excluding hydrogens is 348 g/mol. The number of carbonyl (C=O) groups is 1. The van der Waals surface area contributed by atoms with Gasteiger partial charge in [0, 0.05) is 44.8 Å². The molecule has 0 aromatic carbocycles. The van der Waals surface area contributed by atoms with Crippen molar-refractivity contribution >= 4 is 17.2 Å². The third-order valence-corrected chi connectivity index (χ3v) is 6.27. The Labute approximate surface area is 158 Å². The van der Waals surface area contributed by atoms with Crippen molar-refractivity contribution in [1.29, 1.82) is 0 Å². The average molecular weight is 375 g/mol. The van der Waals surface area contributed by atoms with Gasteiger partial charge in [-0.3, -0.25) is 9.69 Å². The van der Waals surface area contributed by atoms with Crippen LogP contribution in [0.1, 0.15) is 35.0 Å². The standard InChI is InChI=1S/C19H26N4O2S/c1-22-13-21-17-12-23(10-14-4-6-25-7-5-14)11-16(18(17)22)19(24)20-9-15-3-2-8-26-15/h2-3,8,13-14,16H,4-7,9-12H2,1H3,(H,20,24). The van der Waals surface area contributed by atoms with Gasteiger partial charge >= 0.3 is 0 Å². The lowest BCUT2D eigenvalue weighted by Gasteiger charge is -2.35. The van der Waals surface area contributed by atoms with Crippen LogP contribution in [0.2, 0.25) is 0 Å². The second-order valence-electron chi connectivity index (χ2n) is 7.29. The molecule has 26 heavy (non-hydrogen) atoms. The van der Waals surface area contributed by atoms with Crippen LogP contribution in [0, 0.1) is 5.92 Å². The number of nitrogens with one attached hydrogen (secondary N) is 1. The summed E-state index contributed by atoms with van der Waals surface area (Å²) in [6.45, 7) is 4.94. The number of hydrogen-bond acceptors (Lipinski definition) is 5. The molecule has 1 unspecified atom stereocenters. The number of aromatic nitrogens is 2. The van der Waals surface area contributed by atoms with Crippen LogP contribution in [0.15, 0.2) is 23.8 Å². The van der Waals surface area contributed by atoms with Gasteiger partial charge in [-0.05, 0) is 30.2 Å². The van der Waals surface area contributed by atoms with E-state index in [9.17, 15) is 4.79 Å². The minimum atomic E-state index is -0.161. The molecule has 1 N–H and O–H groups in total. The van der Waals surface area contributed by atoms with Gasteiger partial charge in [0.1, 0.15) is 0 Å². The minimum Gasteiger partial charge on any atom is -0.381 e. The molecule has 6 nitrogen and oxygen atoms in total. The summed E-state index contributed by atoms with van der Waals surface area (Å²) in [5.74, 6) is 0.592. The second-order valence-corrected chi connectivity index (χ2v) is 8.32. The number of hydrogen-bond donors (Lipinski definition) is 1. The Morgan fingerprint density at radius 3 is 3.04 bits per heavy atom. The van der Waals surface area contributed by atoms with Crippen molar-refractivity contribution in [2.45, 2.75) is 31.8 Å². The number of aryl methyl sites for hydroxylation is 1. The van der Waals surface area contributed by atoms with E-state index >= 15 is 0 Å². The highest BCUT2D eigenvalue weighted by molar-refractivity contribution is 7.09. The van der Waals surface area contributed by atoms with Gasteiger partial charge in [-0.15, -0.1) is 11.3 Å². The van der Waals surface area contributed by atoms with E-state index in [0.29, 0.717) is 12.5 Å². The van der Waals surface area contributed by atoms with Crippen molar-refractivity contribution in [3.8, 4) is 0 Å². The fourth-order valence-electron chi connectivity index (χ4n) is 4.03. The third-order valence-electron chi connectivity index (χ3n) is 5.40. The van der Waals surface area contributed by atoms with Crippen LogP contribution in [0.3, 0.4) is 0 Å². The normalized spacial score (nSPS) is 21.5. The number of nitrogens with zero attached hydrogens (tertiary/aromatic N) is 3. The number of amides is 1. The van der Waals surface area contributed by atoms with Crippen LogP contribution in [0.4, 0.5) is 0 Å². The van der Waals surface area contributed by atoms with E-state index in [0.717, 1.165) is 57.1 Å². The van der Waals surface area contributed by atoms with E-state index in [1.54, 1.807) is 11.3 Å². The summed E-state index contributed by atoms with van der Waals surface area (Å²) in [5.41, 5.74) is 2.11. The van der Waals surface area contributed by atoms with Gasteiger partial charge in [0.15, 0.2) is 0 Å². The van der Waals surface area contributed by atoms with Gasteiger partial charge in [0.2, 0.25) is 5.91 Å². The first-order valence-electron chi connectivity index (χ1n) is 9.31. The Bertz CT molecular complexity index is 737. The molecule has 4 heterocycles. The quantitative estimate of drug-likeness (QED) is 0.871. The lowest BCUT2D eigenvalue weighted by atomic mass is 9.94. The van der Waals surface area contributed by atoms with E-state index in [1.165, 1.54) is 4.88 Å². The highest BCUT2D eigenvalue weighted by atomic mass is 32.1. The van der Waals surface area contributed by atoms with Gasteiger partial charge < -0.3 is 14.6 Å². The van der Waals surface area contributed by atoms with Crippen molar-refractivity contribution in [3.05, 3.63) is 40.1 Å². The summed E-state index contributed by atoms with van der Waals surface area (Å²) < 4.78 is 7.49. The molecule has 7 heteroatoms. The fourth-order valence-corrected chi connectivity index (χ4v) is 4.67. The number of rotatable bonds is 5. The zero-order valence-corrected chi connectivity index (χ0v) is 16.0. The van der Waals surface area contributed by atoms with Crippen molar-refractivity contribution in [2.75, 3.05) is 26.3 Å². The topological polar surface area (TPSA) is 59.4 Å². The maximum absolute atomic E-state index is 12.9.